The Morgan fingerprint density at radius 1 is 1.14 bits per heavy atom. The number of carbonyl (C=O) groups excluding carboxylic acids is 1. The fourth-order valence-electron chi connectivity index (χ4n) is 4.84. The van der Waals surface area contributed by atoms with Crippen molar-refractivity contribution in [2.45, 2.75) is 24.8 Å². The highest BCUT2D eigenvalue weighted by atomic mass is 32.2. The fraction of sp³-hybridized carbons (Fsp3) is 0.524. The summed E-state index contributed by atoms with van der Waals surface area (Å²) in [5.41, 5.74) is 3.95. The first-order chi connectivity index (χ1) is 17.0. The van der Waals surface area contributed by atoms with Crippen LogP contribution in [0.15, 0.2) is 24.4 Å². The van der Waals surface area contributed by atoms with Gasteiger partial charge < -0.3 is 4.98 Å². The molecule has 0 spiro atoms. The Bertz CT molecular complexity index is 1390. The molecule has 0 bridgehead atoms. The van der Waals surface area contributed by atoms with Crippen LogP contribution in [0.2, 0.25) is 0 Å². The summed E-state index contributed by atoms with van der Waals surface area (Å²) in [5.74, 6) is -0.919. The van der Waals surface area contributed by atoms with Gasteiger partial charge in [-0.25, -0.2) is 5.48 Å². The molecule has 2 aliphatic heterocycles. The summed E-state index contributed by atoms with van der Waals surface area (Å²) in [7, 11) is -5.30. The summed E-state index contributed by atoms with van der Waals surface area (Å²) in [6.07, 6.45) is 2.97. The first-order valence-electron chi connectivity index (χ1n) is 11.4. The second-order valence-electron chi connectivity index (χ2n) is 9.05. The Kier molecular flexibility index (Phi) is 7.40. The zero-order valence-electron chi connectivity index (χ0n) is 20.0. The highest BCUT2D eigenvalue weighted by Gasteiger charge is 2.45. The Morgan fingerprint density at radius 3 is 2.44 bits per heavy atom. The number of rotatable bonds is 6. The third-order valence-corrected chi connectivity index (χ3v) is 10.8. The molecule has 1 aromatic heterocycles. The minimum absolute atomic E-state index is 0.0813. The Labute approximate surface area is 210 Å². The highest BCUT2D eigenvalue weighted by molar-refractivity contribution is 7.87. The third kappa shape index (κ3) is 4.73. The highest BCUT2D eigenvalue weighted by Crippen LogP contribution is 2.35. The molecule has 15 heteroatoms. The van der Waals surface area contributed by atoms with Crippen LogP contribution in [-0.2, 0) is 25.2 Å². The molecule has 1 aromatic carbocycles. The van der Waals surface area contributed by atoms with Crippen LogP contribution in [0.4, 0.5) is 0 Å². The second-order valence-corrected chi connectivity index (χ2v) is 13.1. The Balaban J connectivity index is 1.51. The number of nitriles is 1. The van der Waals surface area contributed by atoms with Gasteiger partial charge in [-0.1, -0.05) is 0 Å². The van der Waals surface area contributed by atoms with Crippen LogP contribution in [0.5, 0.6) is 0 Å². The van der Waals surface area contributed by atoms with Crippen molar-refractivity contribution in [1.29, 1.82) is 5.26 Å². The maximum absolute atomic E-state index is 13.5. The van der Waals surface area contributed by atoms with Gasteiger partial charge in [0.2, 0.25) is 0 Å². The number of piperazine rings is 1. The summed E-state index contributed by atoms with van der Waals surface area (Å²) in [4.78, 5) is 15.6. The third-order valence-electron chi connectivity index (χ3n) is 6.85. The maximum Gasteiger partial charge on any atom is 0.282 e. The molecule has 36 heavy (non-hydrogen) atoms. The van der Waals surface area contributed by atoms with E-state index in [0.717, 1.165) is 29.4 Å². The molecule has 2 aromatic rings. The normalized spacial score (nSPS) is 21.6. The van der Waals surface area contributed by atoms with Crippen molar-refractivity contribution >= 4 is 37.2 Å². The molecule has 1 amide bonds. The lowest BCUT2D eigenvalue weighted by atomic mass is 9.90. The van der Waals surface area contributed by atoms with Gasteiger partial charge in [-0.2, -0.15) is 39.3 Å². The summed E-state index contributed by atoms with van der Waals surface area (Å²) >= 11 is 0. The molecule has 0 saturated carbocycles. The molecule has 2 fully saturated rings. The standard InChI is InChI=1S/C21H29N7O6S2/c1-25(2)35(31,32)27-9-10-28(20(14-27)21(29)24-30)36(33,34)26-7-5-16(6-8-26)18-13-23-19-4-3-15(12-22)11-17(18)19/h3-4,11,13,16,20,23,30H,5-10,14H2,1-2H3,(H,24,29)/t20-/m1/s1. The van der Waals surface area contributed by atoms with Gasteiger partial charge in [-0.3, -0.25) is 10.0 Å². The number of fused-ring (bicyclic) bond motifs is 1. The predicted octanol–water partition coefficient (Wildman–Crippen LogP) is -0.238. The number of H-pyrrole nitrogens is 1. The van der Waals surface area contributed by atoms with Crippen LogP contribution in [0.3, 0.4) is 0 Å². The number of nitrogens with zero attached hydrogens (tertiary/aromatic N) is 5. The predicted molar refractivity (Wildman–Crippen MR) is 130 cm³/mol. The number of carbonyl (C=O) groups is 1. The number of piperidine rings is 1. The average molecular weight is 540 g/mol. The van der Waals surface area contributed by atoms with Gasteiger partial charge in [0, 0.05) is 63.9 Å². The number of nitrogens with one attached hydrogen (secondary N) is 2. The minimum atomic E-state index is -4.12. The number of benzene rings is 1. The smallest absolute Gasteiger partial charge is 0.282 e. The minimum Gasteiger partial charge on any atom is -0.361 e. The zero-order chi connectivity index (χ0) is 26.3. The molecule has 1 atom stereocenters. The van der Waals surface area contributed by atoms with Crippen LogP contribution in [-0.4, -0.2) is 103 Å². The molecular formula is C21H29N7O6S2. The van der Waals surface area contributed by atoms with E-state index in [1.807, 2.05) is 18.3 Å². The van der Waals surface area contributed by atoms with E-state index < -0.39 is 38.9 Å². The Hall–Kier alpha value is -2.58. The first kappa shape index (κ1) is 26.5. The summed E-state index contributed by atoms with van der Waals surface area (Å²) in [5, 5.41) is 19.4. The lowest BCUT2D eigenvalue weighted by Crippen LogP contribution is -2.64. The van der Waals surface area contributed by atoms with E-state index in [9.17, 15) is 32.1 Å². The number of hydrogen-bond donors (Lipinski definition) is 3. The summed E-state index contributed by atoms with van der Waals surface area (Å²) in [6.45, 7) is -0.351. The van der Waals surface area contributed by atoms with E-state index in [4.69, 9.17) is 0 Å². The van der Waals surface area contributed by atoms with Crippen molar-refractivity contribution in [3.05, 3.63) is 35.5 Å². The van der Waals surface area contributed by atoms with Crippen LogP contribution >= 0.6 is 0 Å². The van der Waals surface area contributed by atoms with Gasteiger partial charge in [0.1, 0.15) is 6.04 Å². The van der Waals surface area contributed by atoms with Crippen LogP contribution < -0.4 is 5.48 Å². The lowest BCUT2D eigenvalue weighted by molar-refractivity contribution is -0.134. The van der Waals surface area contributed by atoms with E-state index >= 15 is 0 Å². The molecule has 2 aliphatic rings. The van der Waals surface area contributed by atoms with Crippen molar-refractivity contribution in [3.63, 3.8) is 0 Å². The molecule has 3 N–H and O–H groups in total. The van der Waals surface area contributed by atoms with E-state index in [-0.39, 0.29) is 32.1 Å². The van der Waals surface area contributed by atoms with E-state index in [1.54, 1.807) is 6.07 Å². The molecule has 0 radical (unpaired) electrons. The molecule has 3 heterocycles. The van der Waals surface area contributed by atoms with Crippen molar-refractivity contribution in [3.8, 4) is 6.07 Å². The summed E-state index contributed by atoms with van der Waals surface area (Å²) in [6, 6.07) is 6.13. The quantitative estimate of drug-likeness (QED) is 0.336. The van der Waals surface area contributed by atoms with Crippen molar-refractivity contribution in [2.75, 3.05) is 46.8 Å². The second kappa shape index (κ2) is 10.1. The van der Waals surface area contributed by atoms with Crippen molar-refractivity contribution < 1.29 is 26.8 Å². The molecule has 13 nitrogen and oxygen atoms in total. The molecule has 196 valence electrons. The van der Waals surface area contributed by atoms with Crippen molar-refractivity contribution in [2.24, 2.45) is 0 Å². The van der Waals surface area contributed by atoms with E-state index in [0.29, 0.717) is 18.4 Å². The van der Waals surface area contributed by atoms with E-state index in [2.05, 4.69) is 11.1 Å². The SMILES string of the molecule is CN(C)S(=O)(=O)N1CCN(S(=O)(=O)N2CCC(c3c[nH]c4ccc(C#N)cc34)CC2)[C@@H](C(=O)NO)C1. The topological polar surface area (TPSA) is 170 Å². The van der Waals surface area contributed by atoms with E-state index in [1.165, 1.54) is 23.9 Å². The largest absolute Gasteiger partial charge is 0.361 e. The zero-order valence-corrected chi connectivity index (χ0v) is 21.6. The van der Waals surface area contributed by atoms with Gasteiger partial charge in [-0.05, 0) is 42.5 Å². The number of aromatic amines is 1. The maximum atomic E-state index is 13.5. The number of hydroxylamine groups is 1. The molecule has 2 saturated heterocycles. The van der Waals surface area contributed by atoms with Crippen LogP contribution in [0.1, 0.15) is 29.9 Å². The monoisotopic (exact) mass is 539 g/mol. The fourth-order valence-corrected chi connectivity index (χ4v) is 7.71. The average Bonchev–Trinajstić information content (AvgIpc) is 3.30. The van der Waals surface area contributed by atoms with Crippen molar-refractivity contribution in [1.82, 2.24) is 27.7 Å². The Morgan fingerprint density at radius 2 is 1.83 bits per heavy atom. The number of hydrogen-bond acceptors (Lipinski definition) is 7. The summed E-state index contributed by atoms with van der Waals surface area (Å²) < 4.78 is 56.4. The molecule has 0 unspecified atom stereocenters. The number of aromatic nitrogens is 1. The van der Waals surface area contributed by atoms with Gasteiger partial charge in [-0.15, -0.1) is 0 Å². The van der Waals surface area contributed by atoms with Gasteiger partial charge in [0.05, 0.1) is 11.6 Å². The molecular weight excluding hydrogens is 510 g/mol. The molecule has 4 rings (SSSR count). The number of amides is 1. The van der Waals surface area contributed by atoms with Gasteiger partial charge in [0.25, 0.3) is 26.3 Å². The lowest BCUT2D eigenvalue weighted by Gasteiger charge is -2.42. The van der Waals surface area contributed by atoms with Crippen LogP contribution in [0.25, 0.3) is 10.9 Å². The van der Waals surface area contributed by atoms with Gasteiger partial charge >= 0.3 is 0 Å². The molecule has 0 aliphatic carbocycles. The van der Waals surface area contributed by atoms with Gasteiger partial charge in [0.15, 0.2) is 0 Å². The van der Waals surface area contributed by atoms with Crippen LogP contribution in [0, 0.1) is 11.3 Å². The first-order valence-corrected chi connectivity index (χ1v) is 14.2.